The molecule has 2 fully saturated rings. The molecule has 4 rings (SSSR count). The van der Waals surface area contributed by atoms with Crippen molar-refractivity contribution in [2.75, 3.05) is 37.4 Å². The molecule has 1 saturated heterocycles. The van der Waals surface area contributed by atoms with E-state index < -0.39 is 0 Å². The van der Waals surface area contributed by atoms with Crippen molar-refractivity contribution in [1.29, 1.82) is 0 Å². The summed E-state index contributed by atoms with van der Waals surface area (Å²) in [5.74, 6) is 1.16. The molecule has 1 aromatic heterocycles. The number of nitrogens with one attached hydrogen (secondary N) is 3. The molecule has 3 heterocycles. The van der Waals surface area contributed by atoms with Crippen molar-refractivity contribution in [3.8, 4) is 0 Å². The lowest BCUT2D eigenvalue weighted by atomic mass is 10.00. The molecule has 3 unspecified atom stereocenters. The topological polar surface area (TPSA) is 112 Å². The summed E-state index contributed by atoms with van der Waals surface area (Å²) in [7, 11) is 3.24. The molecule has 3 atom stereocenters. The number of rotatable bonds is 6. The van der Waals surface area contributed by atoms with Gasteiger partial charge in [0.1, 0.15) is 0 Å². The van der Waals surface area contributed by atoms with Crippen molar-refractivity contribution in [1.82, 2.24) is 20.8 Å². The predicted molar refractivity (Wildman–Crippen MR) is 111 cm³/mol. The smallest absolute Gasteiger partial charge is 0.273 e. The van der Waals surface area contributed by atoms with E-state index in [0.717, 1.165) is 31.7 Å². The highest BCUT2D eigenvalue weighted by atomic mass is 16.2. The number of nitrogens with zero attached hydrogens (tertiary/aromatic N) is 4. The molecule has 29 heavy (non-hydrogen) atoms. The Labute approximate surface area is 170 Å². The Morgan fingerprint density at radius 3 is 2.55 bits per heavy atom. The van der Waals surface area contributed by atoms with Gasteiger partial charge in [0, 0.05) is 39.5 Å². The van der Waals surface area contributed by atoms with Crippen molar-refractivity contribution in [2.24, 2.45) is 16.8 Å². The summed E-state index contributed by atoms with van der Waals surface area (Å²) in [4.78, 5) is 31.0. The van der Waals surface area contributed by atoms with Crippen LogP contribution in [0.5, 0.6) is 0 Å². The summed E-state index contributed by atoms with van der Waals surface area (Å²) in [6, 6.07) is 2.40. The molecular formula is C20H29N7O2. The molecule has 1 aromatic rings. The first-order chi connectivity index (χ1) is 14.1. The minimum atomic E-state index is -0.278. The van der Waals surface area contributed by atoms with Crippen LogP contribution in [-0.2, 0) is 4.79 Å². The Morgan fingerprint density at radius 1 is 1.07 bits per heavy atom. The van der Waals surface area contributed by atoms with E-state index in [1.807, 2.05) is 17.2 Å². The molecule has 0 bridgehead atoms. The second-order valence-electron chi connectivity index (χ2n) is 8.12. The summed E-state index contributed by atoms with van der Waals surface area (Å²) in [5.41, 5.74) is 0.926. The molecule has 2 aliphatic heterocycles. The zero-order chi connectivity index (χ0) is 20.4. The van der Waals surface area contributed by atoms with Gasteiger partial charge in [-0.1, -0.05) is 0 Å². The molecule has 0 radical (unpaired) electrons. The summed E-state index contributed by atoms with van der Waals surface area (Å²) in [6.07, 6.45) is 7.41. The molecule has 2 amide bonds. The lowest BCUT2D eigenvalue weighted by Crippen LogP contribution is -2.32. The van der Waals surface area contributed by atoms with Crippen LogP contribution in [0.4, 0.5) is 11.5 Å². The number of carbonyl (C=O) groups is 2. The third-order valence-corrected chi connectivity index (χ3v) is 6.09. The van der Waals surface area contributed by atoms with Gasteiger partial charge in [-0.3, -0.25) is 14.6 Å². The van der Waals surface area contributed by atoms with Gasteiger partial charge in [-0.15, -0.1) is 10.2 Å². The first kappa shape index (κ1) is 19.6. The third-order valence-electron chi connectivity index (χ3n) is 6.09. The van der Waals surface area contributed by atoms with Crippen LogP contribution in [0, 0.1) is 11.8 Å². The standard InChI is InChI=1S/C20H29N7O2/c1-21-19(28)13-7-8-27(11-13)17-9-16(18(26-25-17)20(29)22-2)24-14-5-6-15(23-10-14)12-3-4-12/h9-10,12-15H,3-8,11H2,1-2H3,(H,21,28)(H,22,29)(H,24,25). The molecule has 9 heteroatoms. The van der Waals surface area contributed by atoms with Gasteiger partial charge in [-0.05, 0) is 38.0 Å². The van der Waals surface area contributed by atoms with Gasteiger partial charge in [0.25, 0.3) is 5.91 Å². The van der Waals surface area contributed by atoms with Crippen molar-refractivity contribution in [2.45, 2.75) is 44.2 Å². The maximum Gasteiger partial charge on any atom is 0.273 e. The van der Waals surface area contributed by atoms with E-state index in [4.69, 9.17) is 4.99 Å². The normalized spacial score (nSPS) is 26.3. The summed E-state index contributed by atoms with van der Waals surface area (Å²) < 4.78 is 0. The van der Waals surface area contributed by atoms with Crippen LogP contribution in [0.2, 0.25) is 0 Å². The molecule has 0 spiro atoms. The summed E-state index contributed by atoms with van der Waals surface area (Å²) in [5, 5.41) is 17.2. The van der Waals surface area contributed by atoms with Gasteiger partial charge in [0.05, 0.1) is 23.7 Å². The molecule has 3 aliphatic rings. The van der Waals surface area contributed by atoms with Crippen molar-refractivity contribution in [3.63, 3.8) is 0 Å². The van der Waals surface area contributed by atoms with Gasteiger partial charge >= 0.3 is 0 Å². The first-order valence-corrected chi connectivity index (χ1v) is 10.4. The fourth-order valence-electron chi connectivity index (χ4n) is 4.18. The number of aliphatic imine (C=N–C) groups is 1. The second kappa shape index (κ2) is 8.34. The van der Waals surface area contributed by atoms with Crippen LogP contribution in [0.3, 0.4) is 0 Å². The lowest BCUT2D eigenvalue weighted by molar-refractivity contribution is -0.123. The van der Waals surface area contributed by atoms with Gasteiger partial charge < -0.3 is 20.9 Å². The number of amides is 2. The van der Waals surface area contributed by atoms with Crippen LogP contribution >= 0.6 is 0 Å². The van der Waals surface area contributed by atoms with Gasteiger partial charge in [0.15, 0.2) is 11.5 Å². The van der Waals surface area contributed by atoms with Crippen LogP contribution in [0.1, 0.15) is 42.6 Å². The zero-order valence-electron chi connectivity index (χ0n) is 17.0. The number of hydrogen-bond acceptors (Lipinski definition) is 7. The number of anilines is 2. The quantitative estimate of drug-likeness (QED) is 0.653. The third kappa shape index (κ3) is 4.33. The van der Waals surface area contributed by atoms with E-state index in [0.29, 0.717) is 24.1 Å². The van der Waals surface area contributed by atoms with Crippen LogP contribution in [0.15, 0.2) is 11.1 Å². The Bertz CT molecular complexity index is 808. The lowest BCUT2D eigenvalue weighted by Gasteiger charge is -2.25. The minimum Gasteiger partial charge on any atom is -0.375 e. The maximum atomic E-state index is 12.3. The van der Waals surface area contributed by atoms with Gasteiger partial charge in [-0.2, -0.15) is 0 Å². The van der Waals surface area contributed by atoms with Crippen molar-refractivity contribution < 1.29 is 9.59 Å². The molecule has 156 valence electrons. The van der Waals surface area contributed by atoms with Crippen LogP contribution in [0.25, 0.3) is 0 Å². The Hall–Kier alpha value is -2.71. The molecule has 9 nitrogen and oxygen atoms in total. The average Bonchev–Trinajstić information content (AvgIpc) is 3.49. The Balaban J connectivity index is 1.51. The van der Waals surface area contributed by atoms with Gasteiger partial charge in [-0.25, -0.2) is 0 Å². The molecule has 1 saturated carbocycles. The first-order valence-electron chi connectivity index (χ1n) is 10.4. The molecule has 1 aliphatic carbocycles. The van der Waals surface area contributed by atoms with E-state index in [-0.39, 0.29) is 29.5 Å². The fourth-order valence-corrected chi connectivity index (χ4v) is 4.18. The van der Waals surface area contributed by atoms with Crippen LogP contribution in [-0.4, -0.2) is 67.5 Å². The van der Waals surface area contributed by atoms with E-state index >= 15 is 0 Å². The van der Waals surface area contributed by atoms with Gasteiger partial charge in [0.2, 0.25) is 5.91 Å². The SMILES string of the molecule is CNC(=O)c1nnc(N2CCC(C(=O)NC)C2)cc1NC1C=NC(C2CC2)CC1. The molecule has 0 aromatic carbocycles. The second-order valence-corrected chi connectivity index (χ2v) is 8.12. The van der Waals surface area contributed by atoms with Crippen molar-refractivity contribution >= 4 is 29.5 Å². The summed E-state index contributed by atoms with van der Waals surface area (Å²) in [6.45, 7) is 1.33. The fraction of sp³-hybridized carbons (Fsp3) is 0.650. The predicted octanol–water partition coefficient (Wildman–Crippen LogP) is 0.832. The van der Waals surface area contributed by atoms with E-state index in [1.54, 1.807) is 14.1 Å². The monoisotopic (exact) mass is 399 g/mol. The van der Waals surface area contributed by atoms with Crippen molar-refractivity contribution in [3.05, 3.63) is 11.8 Å². The average molecular weight is 399 g/mol. The van der Waals surface area contributed by atoms with E-state index in [9.17, 15) is 9.59 Å². The Morgan fingerprint density at radius 2 is 1.90 bits per heavy atom. The number of aromatic nitrogens is 2. The minimum absolute atomic E-state index is 0.0458. The van der Waals surface area contributed by atoms with E-state index in [1.165, 1.54) is 12.8 Å². The molecule has 3 N–H and O–H groups in total. The zero-order valence-corrected chi connectivity index (χ0v) is 17.0. The number of hydrogen-bond donors (Lipinski definition) is 3. The highest BCUT2D eigenvalue weighted by Gasteiger charge is 2.33. The largest absolute Gasteiger partial charge is 0.375 e. The molecular weight excluding hydrogens is 370 g/mol. The highest BCUT2D eigenvalue weighted by molar-refractivity contribution is 5.98. The Kier molecular flexibility index (Phi) is 5.64. The van der Waals surface area contributed by atoms with E-state index in [2.05, 4.69) is 26.1 Å². The maximum absolute atomic E-state index is 12.3. The summed E-state index contributed by atoms with van der Waals surface area (Å²) >= 11 is 0. The number of carbonyl (C=O) groups excluding carboxylic acids is 2. The van der Waals surface area contributed by atoms with Crippen LogP contribution < -0.4 is 20.9 Å². The highest BCUT2D eigenvalue weighted by Crippen LogP contribution is 2.37.